The Kier molecular flexibility index (Phi) is 2.85. The number of carbonyl (C=O) groups is 1. The maximum Gasteiger partial charge on any atom is 0.339 e. The lowest BCUT2D eigenvalue weighted by atomic mass is 10.0. The molecule has 0 saturated carbocycles. The molecule has 1 heterocycles. The van der Waals surface area contributed by atoms with Crippen molar-refractivity contribution in [1.82, 2.24) is 0 Å². The van der Waals surface area contributed by atoms with Crippen LogP contribution in [0.15, 0.2) is 16.8 Å². The van der Waals surface area contributed by atoms with Crippen molar-refractivity contribution in [1.29, 1.82) is 0 Å². The topological polar surface area (TPSA) is 58.9 Å². The number of aliphatic imine (C=N–C) groups is 1. The van der Waals surface area contributed by atoms with Gasteiger partial charge in [0.05, 0.1) is 24.5 Å². The number of ether oxygens (including phenoxy) is 1. The van der Waals surface area contributed by atoms with Crippen LogP contribution in [0.5, 0.6) is 0 Å². The van der Waals surface area contributed by atoms with Gasteiger partial charge >= 0.3 is 5.97 Å². The summed E-state index contributed by atoms with van der Waals surface area (Å²) in [6, 6.07) is -0.235. The molecule has 0 amide bonds. The van der Waals surface area contributed by atoms with Crippen molar-refractivity contribution >= 4 is 12.2 Å². The van der Waals surface area contributed by atoms with Crippen molar-refractivity contribution in [2.75, 3.05) is 6.61 Å². The van der Waals surface area contributed by atoms with Crippen LogP contribution in [0.25, 0.3) is 0 Å². The predicted molar refractivity (Wildman–Crippen MR) is 44.2 cm³/mol. The lowest BCUT2D eigenvalue weighted by Gasteiger charge is -2.19. The van der Waals surface area contributed by atoms with E-state index in [1.807, 2.05) is 0 Å². The second-order valence-electron chi connectivity index (χ2n) is 2.43. The zero-order valence-electron chi connectivity index (χ0n) is 6.86. The van der Waals surface area contributed by atoms with Crippen molar-refractivity contribution < 1.29 is 14.6 Å². The Labute approximate surface area is 70.6 Å². The van der Waals surface area contributed by atoms with Crippen molar-refractivity contribution in [2.45, 2.75) is 19.4 Å². The molecule has 1 rings (SSSR count). The Balaban J connectivity index is 2.78. The zero-order chi connectivity index (χ0) is 8.97. The summed E-state index contributed by atoms with van der Waals surface area (Å²) in [5.41, 5.74) is 0.236. The molecule has 1 N–H and O–H groups in total. The van der Waals surface area contributed by atoms with E-state index in [2.05, 4.69) is 4.99 Å². The first-order valence-corrected chi connectivity index (χ1v) is 3.78. The van der Waals surface area contributed by atoms with Crippen LogP contribution in [0.3, 0.4) is 0 Å². The van der Waals surface area contributed by atoms with Gasteiger partial charge in [-0.1, -0.05) is 0 Å². The van der Waals surface area contributed by atoms with Gasteiger partial charge in [-0.3, -0.25) is 4.99 Å². The van der Waals surface area contributed by atoms with E-state index in [0.29, 0.717) is 13.0 Å². The van der Waals surface area contributed by atoms with Gasteiger partial charge in [0.2, 0.25) is 0 Å². The quantitative estimate of drug-likeness (QED) is 0.274. The number of aliphatic hydroxyl groups is 1. The lowest BCUT2D eigenvalue weighted by molar-refractivity contribution is -0.141. The second-order valence-corrected chi connectivity index (χ2v) is 2.43. The third-order valence-electron chi connectivity index (χ3n) is 1.69. The first-order chi connectivity index (χ1) is 5.79. The number of hydrogen-bond acceptors (Lipinski definition) is 4. The number of aliphatic hydroxyl groups excluding tert-OH is 1. The number of nitrogens with zero attached hydrogens (tertiary/aromatic N) is 1. The van der Waals surface area contributed by atoms with Crippen LogP contribution in [-0.4, -0.2) is 29.9 Å². The van der Waals surface area contributed by atoms with Gasteiger partial charge in [0, 0.05) is 6.42 Å². The van der Waals surface area contributed by atoms with Crippen molar-refractivity contribution in [3.63, 3.8) is 0 Å². The number of hydrogen-bond donors (Lipinski definition) is 1. The smallest absolute Gasteiger partial charge is 0.339 e. The van der Waals surface area contributed by atoms with E-state index >= 15 is 0 Å². The Morgan fingerprint density at radius 1 is 1.75 bits per heavy atom. The summed E-state index contributed by atoms with van der Waals surface area (Å²) >= 11 is 0. The van der Waals surface area contributed by atoms with Crippen molar-refractivity contribution in [3.8, 4) is 0 Å². The number of cyclic esters (lactones) is 1. The summed E-state index contributed by atoms with van der Waals surface area (Å²) < 4.78 is 4.72. The van der Waals surface area contributed by atoms with E-state index < -0.39 is 5.97 Å². The van der Waals surface area contributed by atoms with E-state index in [-0.39, 0.29) is 11.6 Å². The molecule has 0 spiro atoms. The van der Waals surface area contributed by atoms with Crippen LogP contribution in [0, 0.1) is 0 Å². The molecule has 1 saturated heterocycles. The Morgan fingerprint density at radius 3 is 3.08 bits per heavy atom. The molecule has 1 aliphatic heterocycles. The third-order valence-corrected chi connectivity index (χ3v) is 1.69. The highest BCUT2D eigenvalue weighted by atomic mass is 16.5. The largest absolute Gasteiger partial charge is 0.515 e. The molecule has 66 valence electrons. The highest BCUT2D eigenvalue weighted by Crippen LogP contribution is 2.17. The second kappa shape index (κ2) is 3.90. The van der Waals surface area contributed by atoms with Crippen LogP contribution in [0.4, 0.5) is 0 Å². The lowest BCUT2D eigenvalue weighted by Crippen LogP contribution is -2.27. The average molecular weight is 169 g/mol. The number of rotatable bonds is 1. The third kappa shape index (κ3) is 1.64. The molecule has 0 radical (unpaired) electrons. The Hall–Kier alpha value is -1.32. The molecule has 1 atom stereocenters. The highest BCUT2D eigenvalue weighted by molar-refractivity contribution is 5.90. The maximum atomic E-state index is 11.0. The predicted octanol–water partition coefficient (Wildman–Crippen LogP) is 0.835. The Bertz CT molecular complexity index is 232. The molecule has 4 nitrogen and oxygen atoms in total. The molecule has 0 aromatic heterocycles. The molecule has 0 aromatic rings. The minimum Gasteiger partial charge on any atom is -0.515 e. The van der Waals surface area contributed by atoms with Gasteiger partial charge in [-0.05, 0) is 13.1 Å². The minimum absolute atomic E-state index is 0.235. The summed E-state index contributed by atoms with van der Waals surface area (Å²) in [5, 5.41) is 8.72. The normalized spacial score (nSPS) is 27.9. The van der Waals surface area contributed by atoms with Crippen LogP contribution in [0.1, 0.15) is 13.3 Å². The van der Waals surface area contributed by atoms with Crippen LogP contribution < -0.4 is 0 Å². The van der Waals surface area contributed by atoms with Gasteiger partial charge in [0.25, 0.3) is 0 Å². The van der Waals surface area contributed by atoms with E-state index in [9.17, 15) is 4.79 Å². The summed E-state index contributed by atoms with van der Waals surface area (Å²) in [4.78, 5) is 15.0. The van der Waals surface area contributed by atoms with E-state index in [1.165, 1.54) is 0 Å². The molecule has 4 heteroatoms. The van der Waals surface area contributed by atoms with E-state index in [0.717, 1.165) is 6.26 Å². The minimum atomic E-state index is -0.473. The standard InChI is InChI=1S/C8H11NO3/c1-2-9-7-3-4-12-8(11)6(7)5-10/h2,5,7,10H,3-4H2,1H3/b6-5+,9-2+. The van der Waals surface area contributed by atoms with Gasteiger partial charge in [0.1, 0.15) is 0 Å². The van der Waals surface area contributed by atoms with E-state index in [1.54, 1.807) is 13.1 Å². The summed E-state index contributed by atoms with van der Waals surface area (Å²) in [5.74, 6) is -0.473. The van der Waals surface area contributed by atoms with Crippen LogP contribution >= 0.6 is 0 Å². The molecule has 0 bridgehead atoms. The first-order valence-electron chi connectivity index (χ1n) is 3.78. The molecule has 12 heavy (non-hydrogen) atoms. The van der Waals surface area contributed by atoms with Crippen molar-refractivity contribution in [2.24, 2.45) is 4.99 Å². The zero-order valence-corrected chi connectivity index (χ0v) is 6.86. The molecular weight excluding hydrogens is 158 g/mol. The monoisotopic (exact) mass is 169 g/mol. The van der Waals surface area contributed by atoms with Crippen molar-refractivity contribution in [3.05, 3.63) is 11.8 Å². The molecule has 0 aliphatic carbocycles. The fourth-order valence-corrected chi connectivity index (χ4v) is 1.11. The number of esters is 1. The fourth-order valence-electron chi connectivity index (χ4n) is 1.11. The summed E-state index contributed by atoms with van der Waals surface area (Å²) in [6.07, 6.45) is 3.04. The summed E-state index contributed by atoms with van der Waals surface area (Å²) in [7, 11) is 0. The summed E-state index contributed by atoms with van der Waals surface area (Å²) in [6.45, 7) is 2.15. The van der Waals surface area contributed by atoms with Gasteiger partial charge in [-0.25, -0.2) is 4.79 Å². The Morgan fingerprint density at radius 2 is 2.50 bits per heavy atom. The average Bonchev–Trinajstić information content (AvgIpc) is 2.05. The molecule has 1 unspecified atom stereocenters. The van der Waals surface area contributed by atoms with E-state index in [4.69, 9.17) is 9.84 Å². The fraction of sp³-hybridized carbons (Fsp3) is 0.500. The van der Waals surface area contributed by atoms with Gasteiger partial charge in [-0.15, -0.1) is 0 Å². The molecule has 1 aliphatic rings. The number of carbonyl (C=O) groups excluding carboxylic acids is 1. The molecule has 0 aromatic carbocycles. The maximum absolute atomic E-state index is 11.0. The van der Waals surface area contributed by atoms with Crippen LogP contribution in [0.2, 0.25) is 0 Å². The molecular formula is C8H11NO3. The first kappa shape index (κ1) is 8.77. The van der Waals surface area contributed by atoms with Gasteiger partial charge < -0.3 is 9.84 Å². The van der Waals surface area contributed by atoms with Gasteiger partial charge in [0.15, 0.2) is 0 Å². The van der Waals surface area contributed by atoms with Crippen LogP contribution in [-0.2, 0) is 9.53 Å². The SMILES string of the molecule is C/C=N/C1CCOC(=O)/C1=C/O. The highest BCUT2D eigenvalue weighted by Gasteiger charge is 2.26. The molecule has 1 fully saturated rings. The van der Waals surface area contributed by atoms with Gasteiger partial charge in [-0.2, -0.15) is 0 Å².